The molecule has 1 unspecified atom stereocenters. The molecule has 1 saturated carbocycles. The molecule has 2 aromatic rings. The molecule has 2 aliphatic carbocycles. The molecule has 3 aliphatic rings. The number of aromatic amines is 1. The van der Waals surface area contributed by atoms with Gasteiger partial charge in [0.05, 0.1) is 5.41 Å². The Hall–Kier alpha value is -2.56. The van der Waals surface area contributed by atoms with Crippen LogP contribution in [0.4, 0.5) is 0 Å². The summed E-state index contributed by atoms with van der Waals surface area (Å²) in [5.41, 5.74) is 7.55. The van der Waals surface area contributed by atoms with Crippen LogP contribution in [0.1, 0.15) is 80.5 Å². The van der Waals surface area contributed by atoms with E-state index in [0.717, 1.165) is 37.9 Å². The van der Waals surface area contributed by atoms with E-state index in [1.807, 2.05) is 19.4 Å². The van der Waals surface area contributed by atoms with Gasteiger partial charge in [0.2, 0.25) is 17.5 Å². The van der Waals surface area contributed by atoms with Crippen molar-refractivity contribution in [1.82, 2.24) is 19.9 Å². The Morgan fingerprint density at radius 3 is 2.78 bits per heavy atom. The standard InChI is InChI=1S/C26H32ClN5O4S/c1-14(18-10-15(12-32(18)2)17-13-37-25(35)29-17)36-21-11-20(27)30-24(31-21)22(34)16-6-5-9-26(23(16)28)8-4-3-7-19(26)33/h11,13-15,18H,3-10,12,28H2,1-2H3,(H,29,35)/t14-,15?,18-,26+/m0/s1. The van der Waals surface area contributed by atoms with Crippen LogP contribution in [-0.4, -0.2) is 57.2 Å². The van der Waals surface area contributed by atoms with Crippen LogP contribution in [0.5, 0.6) is 5.88 Å². The molecule has 3 heterocycles. The summed E-state index contributed by atoms with van der Waals surface area (Å²) in [6.07, 6.45) is 5.44. The number of Topliss-reactive ketones (excluding diaryl/α,β-unsaturated/α-hetero) is 2. The molecule has 5 rings (SSSR count). The van der Waals surface area contributed by atoms with Crippen molar-refractivity contribution < 1.29 is 14.3 Å². The van der Waals surface area contributed by atoms with E-state index in [0.29, 0.717) is 37.0 Å². The van der Waals surface area contributed by atoms with Crippen LogP contribution in [0.3, 0.4) is 0 Å². The zero-order valence-corrected chi connectivity index (χ0v) is 22.7. The number of aromatic nitrogens is 3. The van der Waals surface area contributed by atoms with E-state index < -0.39 is 11.2 Å². The van der Waals surface area contributed by atoms with E-state index in [1.165, 1.54) is 17.4 Å². The third-order valence-corrected chi connectivity index (χ3v) is 9.12. The summed E-state index contributed by atoms with van der Waals surface area (Å²) in [4.78, 5) is 51.6. The summed E-state index contributed by atoms with van der Waals surface area (Å²) in [6, 6.07) is 1.58. The quantitative estimate of drug-likeness (QED) is 0.413. The minimum Gasteiger partial charge on any atom is -0.473 e. The zero-order valence-electron chi connectivity index (χ0n) is 21.1. The number of nitrogens with zero attached hydrogens (tertiary/aromatic N) is 3. The lowest BCUT2D eigenvalue weighted by atomic mass is 9.64. The Morgan fingerprint density at radius 1 is 1.27 bits per heavy atom. The lowest BCUT2D eigenvalue weighted by molar-refractivity contribution is -0.129. The highest BCUT2D eigenvalue weighted by Gasteiger charge is 2.46. The molecule has 1 saturated heterocycles. The van der Waals surface area contributed by atoms with Gasteiger partial charge < -0.3 is 15.5 Å². The Bertz CT molecular complexity index is 1310. The van der Waals surface area contributed by atoms with Gasteiger partial charge in [-0.05, 0) is 52.5 Å². The fourth-order valence-electron chi connectivity index (χ4n) is 6.26. The first kappa shape index (κ1) is 26.1. The maximum atomic E-state index is 13.5. The smallest absolute Gasteiger partial charge is 0.304 e. The molecule has 0 radical (unpaired) electrons. The van der Waals surface area contributed by atoms with Crippen LogP contribution in [0.2, 0.25) is 5.15 Å². The van der Waals surface area contributed by atoms with Crippen molar-refractivity contribution in [1.29, 1.82) is 0 Å². The maximum Gasteiger partial charge on any atom is 0.304 e. The Balaban J connectivity index is 1.35. The van der Waals surface area contributed by atoms with E-state index in [9.17, 15) is 14.4 Å². The second kappa shape index (κ2) is 10.3. The third kappa shape index (κ3) is 4.98. The second-order valence-electron chi connectivity index (χ2n) is 10.5. The molecule has 0 aromatic carbocycles. The van der Waals surface area contributed by atoms with Crippen LogP contribution >= 0.6 is 22.9 Å². The molecule has 9 nitrogen and oxygen atoms in total. The van der Waals surface area contributed by atoms with Crippen molar-refractivity contribution in [3.63, 3.8) is 0 Å². The van der Waals surface area contributed by atoms with Gasteiger partial charge >= 0.3 is 4.87 Å². The van der Waals surface area contributed by atoms with Crippen molar-refractivity contribution in [2.45, 2.75) is 76.4 Å². The fourth-order valence-corrected chi connectivity index (χ4v) is 7.10. The molecule has 198 valence electrons. The van der Waals surface area contributed by atoms with Gasteiger partial charge in [-0.2, -0.15) is 4.98 Å². The van der Waals surface area contributed by atoms with Gasteiger partial charge in [0, 0.05) is 53.3 Å². The predicted molar refractivity (Wildman–Crippen MR) is 141 cm³/mol. The summed E-state index contributed by atoms with van der Waals surface area (Å²) < 4.78 is 6.17. The highest BCUT2D eigenvalue weighted by Crippen LogP contribution is 2.47. The van der Waals surface area contributed by atoms with Gasteiger partial charge in [0.1, 0.15) is 17.0 Å². The van der Waals surface area contributed by atoms with Gasteiger partial charge in [-0.3, -0.25) is 19.3 Å². The maximum absolute atomic E-state index is 13.5. The van der Waals surface area contributed by atoms with Crippen molar-refractivity contribution in [3.05, 3.63) is 49.1 Å². The number of thiazole rings is 1. The molecule has 3 N–H and O–H groups in total. The number of allylic oxidation sites excluding steroid dienone is 2. The summed E-state index contributed by atoms with van der Waals surface area (Å²) in [5, 5.41) is 1.99. The van der Waals surface area contributed by atoms with Crippen molar-refractivity contribution >= 4 is 34.5 Å². The van der Waals surface area contributed by atoms with Gasteiger partial charge in [-0.15, -0.1) is 0 Å². The molecule has 37 heavy (non-hydrogen) atoms. The summed E-state index contributed by atoms with van der Waals surface area (Å²) >= 11 is 7.46. The Kier molecular flexibility index (Phi) is 7.26. The summed E-state index contributed by atoms with van der Waals surface area (Å²) in [6.45, 7) is 2.75. The van der Waals surface area contributed by atoms with Crippen LogP contribution in [0.25, 0.3) is 0 Å². The molecule has 11 heteroatoms. The van der Waals surface area contributed by atoms with Gasteiger partial charge in [-0.25, -0.2) is 4.98 Å². The SMILES string of the molecule is C[C@H](Oc1cc(Cl)nc(C(=O)C2=C(N)[C@]3(CCCCC3=O)CCC2)n1)[C@@H]1CC(c2csc(=O)[nH]2)CN1C. The molecule has 0 bridgehead atoms. The molecular formula is C26H32ClN5O4S. The first-order chi connectivity index (χ1) is 17.7. The highest BCUT2D eigenvalue weighted by molar-refractivity contribution is 7.07. The number of likely N-dealkylation sites (N-methyl/N-ethyl adjacent to an activating group) is 1. The van der Waals surface area contributed by atoms with Crippen molar-refractivity contribution in [2.24, 2.45) is 11.1 Å². The number of likely N-dealkylation sites (tertiary alicyclic amines) is 1. The van der Waals surface area contributed by atoms with Crippen molar-refractivity contribution in [3.8, 4) is 5.88 Å². The number of H-pyrrole nitrogens is 1. The van der Waals surface area contributed by atoms with Gasteiger partial charge in [0.15, 0.2) is 0 Å². The normalized spacial score (nSPS) is 27.6. The Labute approximate surface area is 224 Å². The second-order valence-corrected chi connectivity index (χ2v) is 11.7. The number of halogens is 1. The molecule has 1 spiro atoms. The number of rotatable bonds is 6. The predicted octanol–water partition coefficient (Wildman–Crippen LogP) is 3.84. The number of carbonyl (C=O) groups excluding carboxylic acids is 2. The van der Waals surface area contributed by atoms with E-state index in [1.54, 1.807) is 0 Å². The van der Waals surface area contributed by atoms with Gasteiger partial charge in [0.25, 0.3) is 0 Å². The average Bonchev–Trinajstić information content (AvgIpc) is 3.47. The largest absolute Gasteiger partial charge is 0.473 e. The monoisotopic (exact) mass is 545 g/mol. The number of hydrogen-bond donors (Lipinski definition) is 2. The number of nitrogens with two attached hydrogens (primary N) is 1. The number of nitrogens with one attached hydrogen (secondary N) is 1. The van der Waals surface area contributed by atoms with E-state index in [4.69, 9.17) is 22.1 Å². The average molecular weight is 546 g/mol. The minimum absolute atomic E-state index is 0.0503. The van der Waals surface area contributed by atoms with E-state index in [2.05, 4.69) is 19.9 Å². The van der Waals surface area contributed by atoms with E-state index >= 15 is 0 Å². The first-order valence-corrected chi connectivity index (χ1v) is 14.1. The number of ether oxygens (including phenoxy) is 1. The fraction of sp³-hybridized carbons (Fsp3) is 0.577. The third-order valence-electron chi connectivity index (χ3n) is 8.24. The van der Waals surface area contributed by atoms with Crippen LogP contribution in [0, 0.1) is 5.41 Å². The Morgan fingerprint density at radius 2 is 2.05 bits per heavy atom. The number of carbonyl (C=O) groups is 2. The molecule has 0 amide bonds. The summed E-state index contributed by atoms with van der Waals surface area (Å²) in [5.74, 6) is 0.102. The molecular weight excluding hydrogens is 514 g/mol. The van der Waals surface area contributed by atoms with Gasteiger partial charge in [-0.1, -0.05) is 29.4 Å². The zero-order chi connectivity index (χ0) is 26.3. The lowest BCUT2D eigenvalue weighted by Crippen LogP contribution is -2.42. The number of hydrogen-bond acceptors (Lipinski definition) is 9. The number of ketones is 2. The lowest BCUT2D eigenvalue weighted by Gasteiger charge is -2.40. The molecule has 2 fully saturated rings. The highest BCUT2D eigenvalue weighted by atomic mass is 35.5. The molecule has 2 aromatic heterocycles. The minimum atomic E-state index is -0.732. The van der Waals surface area contributed by atoms with Crippen molar-refractivity contribution in [2.75, 3.05) is 13.6 Å². The van der Waals surface area contributed by atoms with Crippen LogP contribution in [0.15, 0.2) is 27.5 Å². The van der Waals surface area contributed by atoms with Crippen LogP contribution in [-0.2, 0) is 4.79 Å². The topological polar surface area (TPSA) is 131 Å². The molecule has 1 aliphatic heterocycles. The van der Waals surface area contributed by atoms with Crippen LogP contribution < -0.4 is 15.3 Å². The first-order valence-electron chi connectivity index (χ1n) is 12.8. The summed E-state index contributed by atoms with van der Waals surface area (Å²) in [7, 11) is 2.03. The molecule has 4 atom stereocenters. The van der Waals surface area contributed by atoms with E-state index in [-0.39, 0.29) is 45.6 Å².